The summed E-state index contributed by atoms with van der Waals surface area (Å²) in [5.74, 6) is 1.38. The number of hydrogen-bond donors (Lipinski definition) is 1. The maximum Gasteiger partial charge on any atom is 0.187 e. The van der Waals surface area contributed by atoms with Crippen molar-refractivity contribution in [3.05, 3.63) is 65.7 Å². The maximum atomic E-state index is 12.5. The Morgan fingerprint density at radius 2 is 1.91 bits per heavy atom. The van der Waals surface area contributed by atoms with Crippen molar-refractivity contribution in [2.45, 2.75) is 19.6 Å². The molecule has 2 aromatic carbocycles. The average Bonchev–Trinajstić information content (AvgIpc) is 2.54. The van der Waals surface area contributed by atoms with Crippen LogP contribution in [0.15, 0.2) is 54.6 Å². The lowest BCUT2D eigenvalue weighted by atomic mass is 10.0. The number of methoxy groups -OCH3 is 1. The summed E-state index contributed by atoms with van der Waals surface area (Å²) in [6.45, 7) is 3.84. The minimum absolute atomic E-state index is 0.0560. The zero-order valence-electron chi connectivity index (χ0n) is 13.4. The van der Waals surface area contributed by atoms with E-state index >= 15 is 0 Å². The van der Waals surface area contributed by atoms with Crippen LogP contribution in [-0.2, 0) is 0 Å². The molecule has 4 nitrogen and oxygen atoms in total. The lowest BCUT2D eigenvalue weighted by molar-refractivity contribution is 0.0815. The summed E-state index contributed by atoms with van der Waals surface area (Å²) in [5, 5.41) is 3.26. The van der Waals surface area contributed by atoms with Crippen molar-refractivity contribution in [2.24, 2.45) is 0 Å². The molecule has 0 unspecified atom stereocenters. The third-order valence-electron chi connectivity index (χ3n) is 3.61. The van der Waals surface area contributed by atoms with Gasteiger partial charge < -0.3 is 14.8 Å². The van der Waals surface area contributed by atoms with Crippen LogP contribution in [0.25, 0.3) is 5.70 Å². The number of fused-ring (bicyclic) bond motifs is 1. The van der Waals surface area contributed by atoms with Gasteiger partial charge in [0.1, 0.15) is 11.5 Å². The van der Waals surface area contributed by atoms with E-state index in [2.05, 4.69) is 5.32 Å². The zero-order chi connectivity index (χ0) is 16.4. The Morgan fingerprint density at radius 1 is 1.17 bits per heavy atom. The molecular formula is C19H19NO3. The van der Waals surface area contributed by atoms with Gasteiger partial charge in [-0.2, -0.15) is 0 Å². The number of benzene rings is 2. The first-order valence-corrected chi connectivity index (χ1v) is 7.45. The Balaban J connectivity index is 2.05. The summed E-state index contributed by atoms with van der Waals surface area (Å²) in [7, 11) is 1.61. The molecule has 1 aliphatic rings. The highest BCUT2D eigenvalue weighted by Gasteiger charge is 2.29. The Kier molecular flexibility index (Phi) is 3.82. The molecule has 0 aliphatic carbocycles. The van der Waals surface area contributed by atoms with E-state index in [0.717, 1.165) is 17.0 Å². The van der Waals surface area contributed by atoms with Crippen molar-refractivity contribution in [1.29, 1.82) is 0 Å². The molecule has 2 aromatic rings. The molecule has 0 saturated carbocycles. The molecule has 4 heteroatoms. The van der Waals surface area contributed by atoms with Crippen LogP contribution in [0.1, 0.15) is 29.8 Å². The van der Waals surface area contributed by atoms with Gasteiger partial charge in [-0.1, -0.05) is 30.3 Å². The van der Waals surface area contributed by atoms with E-state index in [1.807, 2.05) is 50.2 Å². The van der Waals surface area contributed by atoms with E-state index in [1.54, 1.807) is 25.3 Å². The van der Waals surface area contributed by atoms with E-state index in [1.165, 1.54) is 0 Å². The van der Waals surface area contributed by atoms with Gasteiger partial charge in [-0.3, -0.25) is 4.79 Å². The molecule has 118 valence electrons. The van der Waals surface area contributed by atoms with Crippen molar-refractivity contribution in [2.75, 3.05) is 7.11 Å². The van der Waals surface area contributed by atoms with E-state index < -0.39 is 5.72 Å². The fraction of sp³-hybridized carbons (Fsp3) is 0.211. The van der Waals surface area contributed by atoms with Crippen LogP contribution >= 0.6 is 0 Å². The van der Waals surface area contributed by atoms with Gasteiger partial charge in [0.05, 0.1) is 12.8 Å². The Bertz CT molecular complexity index is 763. The largest absolute Gasteiger partial charge is 0.497 e. The Morgan fingerprint density at radius 3 is 2.61 bits per heavy atom. The standard InChI is InChI=1S/C19H19NO3/c1-19(2)20-16(12-17(21)13-7-5-4-6-8-13)15-11-14(22-3)9-10-18(15)23-19/h4-12,20H,1-3H3/b16-12-. The summed E-state index contributed by atoms with van der Waals surface area (Å²) in [6, 6.07) is 14.8. The topological polar surface area (TPSA) is 47.6 Å². The second kappa shape index (κ2) is 5.80. The van der Waals surface area contributed by atoms with E-state index in [4.69, 9.17) is 9.47 Å². The summed E-state index contributed by atoms with van der Waals surface area (Å²) in [4.78, 5) is 12.5. The van der Waals surface area contributed by atoms with Crippen molar-refractivity contribution in [1.82, 2.24) is 5.32 Å². The third-order valence-corrected chi connectivity index (χ3v) is 3.61. The fourth-order valence-electron chi connectivity index (χ4n) is 2.56. The molecule has 1 aliphatic heterocycles. The molecule has 0 radical (unpaired) electrons. The van der Waals surface area contributed by atoms with E-state index in [0.29, 0.717) is 11.3 Å². The number of nitrogens with one attached hydrogen (secondary N) is 1. The molecule has 3 rings (SSSR count). The van der Waals surface area contributed by atoms with Crippen LogP contribution in [0.2, 0.25) is 0 Å². The van der Waals surface area contributed by atoms with Crippen LogP contribution in [-0.4, -0.2) is 18.6 Å². The van der Waals surface area contributed by atoms with E-state index in [9.17, 15) is 4.79 Å². The summed E-state index contributed by atoms with van der Waals surface area (Å²) in [5.41, 5.74) is 1.59. The molecule has 0 bridgehead atoms. The molecule has 23 heavy (non-hydrogen) atoms. The van der Waals surface area contributed by atoms with Crippen LogP contribution in [0.5, 0.6) is 11.5 Å². The number of allylic oxidation sites excluding steroid dienone is 1. The van der Waals surface area contributed by atoms with Gasteiger partial charge in [0.25, 0.3) is 0 Å². The summed E-state index contributed by atoms with van der Waals surface area (Å²) >= 11 is 0. The SMILES string of the molecule is COc1ccc2c(c1)/C(=C/C(=O)c1ccccc1)NC(C)(C)O2. The Hall–Kier alpha value is -2.75. The number of hydrogen-bond acceptors (Lipinski definition) is 4. The normalized spacial score (nSPS) is 16.9. The molecule has 1 N–H and O–H groups in total. The van der Waals surface area contributed by atoms with Gasteiger partial charge in [-0.25, -0.2) is 0 Å². The first-order valence-electron chi connectivity index (χ1n) is 7.45. The monoisotopic (exact) mass is 309 g/mol. The van der Waals surface area contributed by atoms with Crippen LogP contribution in [0, 0.1) is 0 Å². The van der Waals surface area contributed by atoms with Crippen molar-refractivity contribution in [3.8, 4) is 11.5 Å². The second-order valence-electron chi connectivity index (χ2n) is 5.89. The Labute approximate surface area is 135 Å². The number of ketones is 1. The van der Waals surface area contributed by atoms with Gasteiger partial charge in [0.15, 0.2) is 11.5 Å². The first-order chi connectivity index (χ1) is 11.0. The van der Waals surface area contributed by atoms with Gasteiger partial charge >= 0.3 is 0 Å². The predicted molar refractivity (Wildman–Crippen MR) is 89.6 cm³/mol. The highest BCUT2D eigenvalue weighted by molar-refractivity contribution is 6.08. The average molecular weight is 309 g/mol. The predicted octanol–water partition coefficient (Wildman–Crippen LogP) is 3.64. The number of rotatable bonds is 3. The van der Waals surface area contributed by atoms with Crippen molar-refractivity contribution >= 4 is 11.5 Å². The molecule has 0 fully saturated rings. The molecule has 0 atom stereocenters. The summed E-state index contributed by atoms with van der Waals surface area (Å²) < 4.78 is 11.2. The number of ether oxygens (including phenoxy) is 2. The molecule has 1 heterocycles. The van der Waals surface area contributed by atoms with Gasteiger partial charge in [0.2, 0.25) is 0 Å². The highest BCUT2D eigenvalue weighted by atomic mass is 16.5. The molecular weight excluding hydrogens is 290 g/mol. The number of carbonyl (C=O) groups is 1. The lowest BCUT2D eigenvalue weighted by Crippen LogP contribution is -2.46. The van der Waals surface area contributed by atoms with Gasteiger partial charge in [-0.05, 0) is 32.0 Å². The van der Waals surface area contributed by atoms with Crippen molar-refractivity contribution in [3.63, 3.8) is 0 Å². The fourth-order valence-corrected chi connectivity index (χ4v) is 2.56. The minimum atomic E-state index is -0.593. The van der Waals surface area contributed by atoms with E-state index in [-0.39, 0.29) is 5.78 Å². The van der Waals surface area contributed by atoms with Crippen LogP contribution in [0.3, 0.4) is 0 Å². The highest BCUT2D eigenvalue weighted by Crippen LogP contribution is 2.36. The van der Waals surface area contributed by atoms with Crippen LogP contribution < -0.4 is 14.8 Å². The van der Waals surface area contributed by atoms with Crippen LogP contribution in [0.4, 0.5) is 0 Å². The van der Waals surface area contributed by atoms with Gasteiger partial charge in [0, 0.05) is 17.2 Å². The van der Waals surface area contributed by atoms with Crippen molar-refractivity contribution < 1.29 is 14.3 Å². The third kappa shape index (κ3) is 3.21. The molecule has 0 saturated heterocycles. The second-order valence-corrected chi connectivity index (χ2v) is 5.89. The molecule has 0 amide bonds. The smallest absolute Gasteiger partial charge is 0.187 e. The van der Waals surface area contributed by atoms with Gasteiger partial charge in [-0.15, -0.1) is 0 Å². The molecule has 0 spiro atoms. The maximum absolute atomic E-state index is 12.5. The zero-order valence-corrected chi connectivity index (χ0v) is 13.4. The first kappa shape index (κ1) is 15.2. The quantitative estimate of drug-likeness (QED) is 0.694. The molecule has 0 aromatic heterocycles. The lowest BCUT2D eigenvalue weighted by Gasteiger charge is -2.36. The summed E-state index contributed by atoms with van der Waals surface area (Å²) in [6.07, 6.45) is 1.61. The number of carbonyl (C=O) groups excluding carboxylic acids is 1. The minimum Gasteiger partial charge on any atom is -0.497 e.